The van der Waals surface area contributed by atoms with Gasteiger partial charge in [-0.3, -0.25) is 0 Å². The summed E-state index contributed by atoms with van der Waals surface area (Å²) in [5, 5.41) is 0.940. The lowest BCUT2D eigenvalue weighted by Gasteiger charge is -2.34. The molecule has 2 heterocycles. The number of hydrogen-bond acceptors (Lipinski definition) is 6. The third-order valence-electron chi connectivity index (χ3n) is 5.49. The van der Waals surface area contributed by atoms with Crippen molar-refractivity contribution in [2.45, 2.75) is 13.5 Å². The van der Waals surface area contributed by atoms with E-state index in [-0.39, 0.29) is 5.63 Å². The third-order valence-corrected chi connectivity index (χ3v) is 5.49. The topological polar surface area (TPSA) is 55.2 Å². The highest BCUT2D eigenvalue weighted by Gasteiger charge is 2.21. The smallest absolute Gasteiger partial charge is 0.360 e. The van der Waals surface area contributed by atoms with Crippen LogP contribution in [0.3, 0.4) is 0 Å². The Morgan fingerprint density at radius 3 is 2.38 bits per heavy atom. The lowest BCUT2D eigenvalue weighted by Crippen LogP contribution is -2.46. The van der Waals surface area contributed by atoms with E-state index in [0.29, 0.717) is 23.6 Å². The first-order valence-corrected chi connectivity index (χ1v) is 9.82. The molecule has 1 aliphatic heterocycles. The molecule has 4 rings (SSSR count). The highest BCUT2D eigenvalue weighted by atomic mass is 16.5. The molecule has 1 fully saturated rings. The summed E-state index contributed by atoms with van der Waals surface area (Å²) < 4.78 is 16.7. The first kappa shape index (κ1) is 19.3. The van der Waals surface area contributed by atoms with Gasteiger partial charge in [-0.2, -0.15) is 0 Å². The quantitative estimate of drug-likeness (QED) is 0.618. The Balaban J connectivity index is 1.56. The first-order valence-electron chi connectivity index (χ1n) is 9.82. The molecular weight excluding hydrogens is 368 g/mol. The van der Waals surface area contributed by atoms with Crippen LogP contribution in [0.5, 0.6) is 11.5 Å². The summed E-state index contributed by atoms with van der Waals surface area (Å²) in [7, 11) is 3.74. The van der Waals surface area contributed by atoms with Crippen molar-refractivity contribution >= 4 is 16.7 Å². The predicted molar refractivity (Wildman–Crippen MR) is 114 cm³/mol. The number of methoxy groups -OCH3 is 1. The number of aryl methyl sites for hydroxylation is 1. The Morgan fingerprint density at radius 2 is 1.69 bits per heavy atom. The van der Waals surface area contributed by atoms with Gasteiger partial charge < -0.3 is 23.7 Å². The zero-order chi connectivity index (χ0) is 20.4. The number of ether oxygens (including phenoxy) is 2. The molecule has 0 radical (unpaired) electrons. The van der Waals surface area contributed by atoms with Gasteiger partial charge in [0.1, 0.15) is 29.4 Å². The van der Waals surface area contributed by atoms with Crippen LogP contribution in [0.4, 0.5) is 5.69 Å². The molecule has 0 atom stereocenters. The average Bonchev–Trinajstić information content (AvgIpc) is 2.73. The number of hydrogen-bond donors (Lipinski definition) is 0. The number of benzene rings is 2. The Morgan fingerprint density at radius 1 is 1.00 bits per heavy atom. The highest BCUT2D eigenvalue weighted by Crippen LogP contribution is 2.28. The predicted octanol–water partition coefficient (Wildman–Crippen LogP) is 3.44. The maximum Gasteiger partial charge on any atom is 0.360 e. The molecule has 0 bridgehead atoms. The molecule has 0 spiro atoms. The standard InChI is InChI=1S/C23H26N2O4/c1-16-20-9-8-19(28-15-17-4-6-18(27-3)7-5-17)14-21(20)29-23(26)22(16)25-12-10-24(2)11-13-25/h4-9,14H,10-13,15H2,1-3H3. The fourth-order valence-corrected chi connectivity index (χ4v) is 3.70. The van der Waals surface area contributed by atoms with E-state index < -0.39 is 0 Å². The molecule has 0 unspecified atom stereocenters. The number of rotatable bonds is 5. The van der Waals surface area contributed by atoms with E-state index >= 15 is 0 Å². The van der Waals surface area contributed by atoms with Crippen LogP contribution >= 0.6 is 0 Å². The van der Waals surface area contributed by atoms with Crippen LogP contribution in [0.1, 0.15) is 11.1 Å². The van der Waals surface area contributed by atoms with Gasteiger partial charge in [0.15, 0.2) is 0 Å². The molecule has 6 nitrogen and oxygen atoms in total. The molecular formula is C23H26N2O4. The minimum Gasteiger partial charge on any atom is -0.497 e. The first-order chi connectivity index (χ1) is 14.0. The fourth-order valence-electron chi connectivity index (χ4n) is 3.70. The van der Waals surface area contributed by atoms with Crippen molar-refractivity contribution in [3.8, 4) is 11.5 Å². The molecule has 6 heteroatoms. The Kier molecular flexibility index (Phi) is 5.45. The number of anilines is 1. The molecule has 0 aliphatic carbocycles. The van der Waals surface area contributed by atoms with E-state index in [0.717, 1.165) is 48.4 Å². The molecule has 0 N–H and O–H groups in total. The van der Waals surface area contributed by atoms with Gasteiger partial charge >= 0.3 is 5.63 Å². The van der Waals surface area contributed by atoms with E-state index in [1.54, 1.807) is 13.2 Å². The maximum atomic E-state index is 12.7. The second-order valence-corrected chi connectivity index (χ2v) is 7.45. The van der Waals surface area contributed by atoms with Gasteiger partial charge in [0.2, 0.25) is 0 Å². The van der Waals surface area contributed by atoms with Crippen molar-refractivity contribution in [3.05, 3.63) is 64.0 Å². The Hall–Kier alpha value is -2.99. The second kappa shape index (κ2) is 8.17. The van der Waals surface area contributed by atoms with Crippen LogP contribution in [0, 0.1) is 6.92 Å². The summed E-state index contributed by atoms with van der Waals surface area (Å²) in [6.45, 7) is 5.96. The van der Waals surface area contributed by atoms with Crippen LogP contribution in [-0.2, 0) is 6.61 Å². The Bertz CT molecular complexity index is 1050. The van der Waals surface area contributed by atoms with Gasteiger partial charge in [0.25, 0.3) is 0 Å². The lowest BCUT2D eigenvalue weighted by molar-refractivity contribution is 0.305. The highest BCUT2D eigenvalue weighted by molar-refractivity contribution is 5.85. The van der Waals surface area contributed by atoms with E-state index in [1.807, 2.05) is 43.3 Å². The van der Waals surface area contributed by atoms with Crippen LogP contribution in [0.15, 0.2) is 51.7 Å². The summed E-state index contributed by atoms with van der Waals surface area (Å²) in [6.07, 6.45) is 0. The van der Waals surface area contributed by atoms with Crippen LogP contribution in [0.2, 0.25) is 0 Å². The summed E-state index contributed by atoms with van der Waals surface area (Å²) in [5.41, 5.74) is 2.94. The molecule has 2 aromatic carbocycles. The number of piperazine rings is 1. The van der Waals surface area contributed by atoms with E-state index in [4.69, 9.17) is 13.9 Å². The molecule has 1 aromatic heterocycles. The van der Waals surface area contributed by atoms with Crippen molar-refractivity contribution in [1.29, 1.82) is 0 Å². The van der Waals surface area contributed by atoms with Gasteiger partial charge in [-0.15, -0.1) is 0 Å². The summed E-state index contributed by atoms with van der Waals surface area (Å²) in [6, 6.07) is 13.4. The fraction of sp³-hybridized carbons (Fsp3) is 0.348. The number of nitrogens with zero attached hydrogens (tertiary/aromatic N) is 2. The molecule has 1 saturated heterocycles. The van der Waals surface area contributed by atoms with Crippen LogP contribution in [-0.4, -0.2) is 45.2 Å². The van der Waals surface area contributed by atoms with Crippen molar-refractivity contribution in [1.82, 2.24) is 4.90 Å². The molecule has 0 amide bonds. The monoisotopic (exact) mass is 394 g/mol. The summed E-state index contributed by atoms with van der Waals surface area (Å²) in [4.78, 5) is 17.1. The van der Waals surface area contributed by atoms with Crippen LogP contribution < -0.4 is 20.0 Å². The van der Waals surface area contributed by atoms with Gasteiger partial charge in [-0.25, -0.2) is 4.79 Å². The lowest BCUT2D eigenvalue weighted by atomic mass is 10.1. The Labute approximate surface area is 170 Å². The summed E-state index contributed by atoms with van der Waals surface area (Å²) >= 11 is 0. The SMILES string of the molecule is COc1ccc(COc2ccc3c(C)c(N4CCN(C)CC4)c(=O)oc3c2)cc1. The zero-order valence-electron chi connectivity index (χ0n) is 17.1. The molecule has 1 aliphatic rings. The van der Waals surface area contributed by atoms with Crippen molar-refractivity contribution in [2.75, 3.05) is 45.2 Å². The van der Waals surface area contributed by atoms with Crippen LogP contribution in [0.25, 0.3) is 11.0 Å². The van der Waals surface area contributed by atoms with Gasteiger partial charge in [0, 0.05) is 37.6 Å². The second-order valence-electron chi connectivity index (χ2n) is 7.45. The van der Waals surface area contributed by atoms with Gasteiger partial charge in [-0.05, 0) is 49.4 Å². The van der Waals surface area contributed by atoms with E-state index in [2.05, 4.69) is 16.8 Å². The molecule has 152 valence electrons. The van der Waals surface area contributed by atoms with Crippen molar-refractivity contribution in [2.24, 2.45) is 0 Å². The largest absolute Gasteiger partial charge is 0.497 e. The van der Waals surface area contributed by atoms with Crippen molar-refractivity contribution in [3.63, 3.8) is 0 Å². The minimum absolute atomic E-state index is 0.285. The molecule has 3 aromatic rings. The van der Waals surface area contributed by atoms with E-state index in [1.165, 1.54) is 0 Å². The van der Waals surface area contributed by atoms with Crippen molar-refractivity contribution < 1.29 is 13.9 Å². The molecule has 29 heavy (non-hydrogen) atoms. The number of likely N-dealkylation sites (N-methyl/N-ethyl adjacent to an activating group) is 1. The van der Waals surface area contributed by atoms with Gasteiger partial charge in [0.05, 0.1) is 7.11 Å². The molecule has 0 saturated carbocycles. The average molecular weight is 394 g/mol. The third kappa shape index (κ3) is 4.07. The number of fused-ring (bicyclic) bond motifs is 1. The normalized spacial score (nSPS) is 14.9. The summed E-state index contributed by atoms with van der Waals surface area (Å²) in [5.74, 6) is 1.48. The van der Waals surface area contributed by atoms with Gasteiger partial charge in [-0.1, -0.05) is 12.1 Å². The zero-order valence-corrected chi connectivity index (χ0v) is 17.1. The minimum atomic E-state index is -0.285. The maximum absolute atomic E-state index is 12.7. The van der Waals surface area contributed by atoms with E-state index in [9.17, 15) is 4.79 Å².